The molecule has 3 atom stereocenters. The van der Waals surface area contributed by atoms with Crippen molar-refractivity contribution < 1.29 is 23.4 Å². The molecule has 2 rings (SSSR count). The molecule has 1 fully saturated rings. The van der Waals surface area contributed by atoms with Gasteiger partial charge in [-0.05, 0) is 31.7 Å². The van der Waals surface area contributed by atoms with Crippen molar-refractivity contribution in [2.45, 2.75) is 56.7 Å². The normalized spacial score (nSPS) is 25.4. The Bertz CT molecular complexity index is 540. The first-order chi connectivity index (χ1) is 11.2. The van der Waals surface area contributed by atoms with Gasteiger partial charge in [0.05, 0.1) is 12.2 Å². The molecule has 0 aromatic carbocycles. The molecule has 8 heteroatoms. The first kappa shape index (κ1) is 19.0. The van der Waals surface area contributed by atoms with Gasteiger partial charge in [-0.1, -0.05) is 6.07 Å². The van der Waals surface area contributed by atoms with E-state index in [0.29, 0.717) is 37.8 Å². The van der Waals surface area contributed by atoms with Crippen LogP contribution in [-0.4, -0.2) is 47.5 Å². The standard InChI is InChI=1S/C16H24F3N3O2/c1-22(2)15-10(3-8-14(21-15)16(17,18)19)9-20-11-4-6-12(23)13(24)7-5-11/h3,8,11-13,20,23-24H,4-7,9H2,1-2H3/t11?,12-,13+. The Kier molecular flexibility index (Phi) is 6.06. The van der Waals surface area contributed by atoms with E-state index in [1.807, 2.05) is 0 Å². The van der Waals surface area contributed by atoms with Crippen molar-refractivity contribution in [2.75, 3.05) is 19.0 Å². The molecule has 0 spiro atoms. The summed E-state index contributed by atoms with van der Waals surface area (Å²) in [4.78, 5) is 5.29. The summed E-state index contributed by atoms with van der Waals surface area (Å²) in [5.74, 6) is 0.283. The van der Waals surface area contributed by atoms with Crippen LogP contribution >= 0.6 is 0 Å². The number of aliphatic hydroxyl groups excluding tert-OH is 2. The highest BCUT2D eigenvalue weighted by molar-refractivity contribution is 5.46. The van der Waals surface area contributed by atoms with Crippen LogP contribution in [0.5, 0.6) is 0 Å². The molecule has 0 saturated heterocycles. The molecular weight excluding hydrogens is 323 g/mol. The maximum Gasteiger partial charge on any atom is 0.433 e. The first-order valence-electron chi connectivity index (χ1n) is 8.02. The number of pyridine rings is 1. The van der Waals surface area contributed by atoms with Crippen LogP contribution in [0.15, 0.2) is 12.1 Å². The Balaban J connectivity index is 2.06. The molecule has 1 aliphatic carbocycles. The van der Waals surface area contributed by atoms with E-state index in [-0.39, 0.29) is 11.9 Å². The number of hydrogen-bond donors (Lipinski definition) is 3. The number of nitrogens with zero attached hydrogens (tertiary/aromatic N) is 2. The van der Waals surface area contributed by atoms with Crippen LogP contribution in [0, 0.1) is 0 Å². The van der Waals surface area contributed by atoms with E-state index in [9.17, 15) is 23.4 Å². The van der Waals surface area contributed by atoms with E-state index < -0.39 is 24.1 Å². The lowest BCUT2D eigenvalue weighted by atomic mass is 10.1. The summed E-state index contributed by atoms with van der Waals surface area (Å²) in [7, 11) is 3.31. The number of hydrogen-bond acceptors (Lipinski definition) is 5. The van der Waals surface area contributed by atoms with Gasteiger partial charge < -0.3 is 20.4 Å². The molecule has 1 aliphatic rings. The summed E-state index contributed by atoms with van der Waals surface area (Å²) in [6.45, 7) is 0.384. The second-order valence-corrected chi connectivity index (χ2v) is 6.44. The van der Waals surface area contributed by atoms with Gasteiger partial charge in [0.15, 0.2) is 0 Å². The fourth-order valence-corrected chi connectivity index (χ4v) is 2.89. The van der Waals surface area contributed by atoms with Gasteiger partial charge >= 0.3 is 6.18 Å². The van der Waals surface area contributed by atoms with E-state index in [1.54, 1.807) is 19.0 Å². The molecule has 24 heavy (non-hydrogen) atoms. The predicted molar refractivity (Wildman–Crippen MR) is 84.7 cm³/mol. The van der Waals surface area contributed by atoms with Crippen molar-refractivity contribution in [2.24, 2.45) is 0 Å². The van der Waals surface area contributed by atoms with Gasteiger partial charge in [-0.25, -0.2) is 4.98 Å². The summed E-state index contributed by atoms with van der Waals surface area (Å²) in [5, 5.41) is 22.7. The van der Waals surface area contributed by atoms with Gasteiger partial charge in [-0.15, -0.1) is 0 Å². The number of anilines is 1. The fraction of sp³-hybridized carbons (Fsp3) is 0.688. The number of rotatable bonds is 4. The lowest BCUT2D eigenvalue weighted by Crippen LogP contribution is -2.29. The number of halogens is 3. The third kappa shape index (κ3) is 4.81. The average molecular weight is 347 g/mol. The van der Waals surface area contributed by atoms with Crippen LogP contribution in [-0.2, 0) is 12.7 Å². The van der Waals surface area contributed by atoms with Gasteiger partial charge in [-0.2, -0.15) is 13.2 Å². The second-order valence-electron chi connectivity index (χ2n) is 6.44. The maximum atomic E-state index is 12.8. The van der Waals surface area contributed by atoms with Crippen molar-refractivity contribution in [3.8, 4) is 0 Å². The van der Waals surface area contributed by atoms with E-state index in [0.717, 1.165) is 6.07 Å². The number of nitrogens with one attached hydrogen (secondary N) is 1. The van der Waals surface area contributed by atoms with Crippen molar-refractivity contribution in [3.63, 3.8) is 0 Å². The zero-order valence-corrected chi connectivity index (χ0v) is 13.8. The monoisotopic (exact) mass is 347 g/mol. The zero-order valence-electron chi connectivity index (χ0n) is 13.8. The molecule has 1 heterocycles. The maximum absolute atomic E-state index is 12.8. The Morgan fingerprint density at radius 2 is 1.71 bits per heavy atom. The van der Waals surface area contributed by atoms with Crippen LogP contribution in [0.1, 0.15) is 36.9 Å². The largest absolute Gasteiger partial charge is 0.433 e. The second kappa shape index (κ2) is 7.67. The third-order valence-electron chi connectivity index (χ3n) is 4.32. The summed E-state index contributed by atoms with van der Waals surface area (Å²) in [6.07, 6.45) is -3.45. The molecule has 0 bridgehead atoms. The van der Waals surface area contributed by atoms with Crippen LogP contribution in [0.4, 0.5) is 19.0 Å². The lowest BCUT2D eigenvalue weighted by Gasteiger charge is -2.21. The van der Waals surface area contributed by atoms with E-state index in [1.165, 1.54) is 6.07 Å². The third-order valence-corrected chi connectivity index (χ3v) is 4.32. The van der Waals surface area contributed by atoms with Gasteiger partial charge in [-0.3, -0.25) is 0 Å². The van der Waals surface area contributed by atoms with Gasteiger partial charge in [0.2, 0.25) is 0 Å². The minimum absolute atomic E-state index is 0.106. The van der Waals surface area contributed by atoms with Crippen LogP contribution in [0.2, 0.25) is 0 Å². The van der Waals surface area contributed by atoms with Crippen LogP contribution in [0.25, 0.3) is 0 Å². The fourth-order valence-electron chi connectivity index (χ4n) is 2.89. The number of aliphatic hydroxyl groups is 2. The highest BCUT2D eigenvalue weighted by Crippen LogP contribution is 2.30. The molecule has 3 N–H and O–H groups in total. The summed E-state index contributed by atoms with van der Waals surface area (Å²) >= 11 is 0. The molecule has 0 aliphatic heterocycles. The highest BCUT2D eigenvalue weighted by Gasteiger charge is 2.33. The van der Waals surface area contributed by atoms with Crippen LogP contribution < -0.4 is 10.2 Å². The summed E-state index contributed by atoms with van der Waals surface area (Å²) in [5.41, 5.74) is -0.228. The number of alkyl halides is 3. The Labute approximate surface area is 139 Å². The van der Waals surface area contributed by atoms with E-state index in [2.05, 4.69) is 10.3 Å². The zero-order chi connectivity index (χ0) is 17.9. The summed E-state index contributed by atoms with van der Waals surface area (Å²) in [6, 6.07) is 2.54. The molecule has 1 saturated carbocycles. The average Bonchev–Trinajstić information content (AvgIpc) is 2.67. The van der Waals surface area contributed by atoms with Gasteiger partial charge in [0.25, 0.3) is 0 Å². The van der Waals surface area contributed by atoms with Crippen molar-refractivity contribution in [1.29, 1.82) is 0 Å². The smallest absolute Gasteiger partial charge is 0.390 e. The molecular formula is C16H24F3N3O2. The van der Waals surface area contributed by atoms with Crippen LogP contribution in [0.3, 0.4) is 0 Å². The van der Waals surface area contributed by atoms with Gasteiger partial charge in [0.1, 0.15) is 11.5 Å². The topological polar surface area (TPSA) is 68.6 Å². The van der Waals surface area contributed by atoms with Crippen molar-refractivity contribution in [3.05, 3.63) is 23.4 Å². The van der Waals surface area contributed by atoms with E-state index in [4.69, 9.17) is 0 Å². The molecule has 5 nitrogen and oxygen atoms in total. The lowest BCUT2D eigenvalue weighted by molar-refractivity contribution is -0.141. The van der Waals surface area contributed by atoms with Crippen molar-refractivity contribution >= 4 is 5.82 Å². The van der Waals surface area contributed by atoms with E-state index >= 15 is 0 Å². The van der Waals surface area contributed by atoms with Crippen molar-refractivity contribution in [1.82, 2.24) is 10.3 Å². The quantitative estimate of drug-likeness (QED) is 0.726. The molecule has 1 aromatic heterocycles. The first-order valence-corrected chi connectivity index (χ1v) is 8.02. The Morgan fingerprint density at radius 1 is 1.12 bits per heavy atom. The van der Waals surface area contributed by atoms with Gasteiger partial charge in [0, 0.05) is 32.2 Å². The molecule has 1 aromatic rings. The predicted octanol–water partition coefficient (Wildman–Crippen LogP) is 1.92. The minimum atomic E-state index is -4.47. The highest BCUT2D eigenvalue weighted by atomic mass is 19.4. The molecule has 1 unspecified atom stereocenters. The number of aromatic nitrogens is 1. The molecule has 136 valence electrons. The SMILES string of the molecule is CN(C)c1nc(C(F)(F)F)ccc1CNC1CC[C@@H](O)[C@@H](O)CC1. The molecule has 0 radical (unpaired) electrons. The Hall–Kier alpha value is -1.38. The minimum Gasteiger partial charge on any atom is -0.390 e. The molecule has 0 amide bonds. The summed E-state index contributed by atoms with van der Waals surface area (Å²) < 4.78 is 38.4. The Morgan fingerprint density at radius 3 is 2.21 bits per heavy atom.